The zero-order valence-electron chi connectivity index (χ0n) is 12.7. The Labute approximate surface area is 145 Å². The van der Waals surface area contributed by atoms with E-state index in [0.717, 1.165) is 24.3 Å². The highest BCUT2D eigenvalue weighted by Gasteiger charge is 2.41. The van der Waals surface area contributed by atoms with Crippen molar-refractivity contribution in [2.75, 3.05) is 0 Å². The van der Waals surface area contributed by atoms with Gasteiger partial charge >= 0.3 is 17.9 Å². The third-order valence-electron chi connectivity index (χ3n) is 3.55. The molecule has 0 aromatic heterocycles. The summed E-state index contributed by atoms with van der Waals surface area (Å²) in [5.74, 6) is -0.815. The summed E-state index contributed by atoms with van der Waals surface area (Å²) >= 11 is 0. The van der Waals surface area contributed by atoms with Crippen LogP contribution in [0.2, 0.25) is 0 Å². The molecular formula is C15H9F4N3O3S. The monoisotopic (exact) mass is 387 g/mol. The summed E-state index contributed by atoms with van der Waals surface area (Å²) in [5.41, 5.74) is 2.21. The van der Waals surface area contributed by atoms with Crippen molar-refractivity contribution in [2.45, 2.75) is 18.6 Å². The standard InChI is InChI=1S/C15H9F4N3O3S/c16-10-2-1-8(6-15(17,18)19)5-9(10)7-20-11-3-4-12(26(23,24)25)14-13(11)21-22-14/h1-5,13,21H,6H2. The van der Waals surface area contributed by atoms with Crippen molar-refractivity contribution in [3.8, 4) is 6.07 Å². The normalized spacial score (nSPS) is 19.0. The minimum Gasteiger partial charge on any atom is -0.744 e. The lowest BCUT2D eigenvalue weighted by Crippen LogP contribution is -2.48. The lowest BCUT2D eigenvalue weighted by Gasteiger charge is -2.27. The molecule has 1 N–H and O–H groups in total. The zero-order chi connectivity index (χ0) is 19.1. The van der Waals surface area contributed by atoms with Crippen LogP contribution in [0.1, 0.15) is 11.1 Å². The maximum Gasteiger partial charge on any atom is 0.393 e. The van der Waals surface area contributed by atoms with Gasteiger partial charge in [-0.3, -0.25) is 5.43 Å². The molecule has 0 fully saturated rings. The molecule has 6 nitrogen and oxygen atoms in total. The summed E-state index contributed by atoms with van der Waals surface area (Å²) < 4.78 is 84.4. The minimum atomic E-state index is -4.71. The van der Waals surface area contributed by atoms with Crippen molar-refractivity contribution >= 4 is 15.8 Å². The third-order valence-corrected chi connectivity index (χ3v) is 4.44. The fraction of sp³-hybridized carbons (Fsp3) is 0.200. The number of alkyl halides is 3. The molecular weight excluding hydrogens is 378 g/mol. The number of allylic oxidation sites excluding steroid dienone is 2. The predicted molar refractivity (Wildman–Crippen MR) is 82.7 cm³/mol. The Morgan fingerprint density at radius 2 is 2.04 bits per heavy atom. The molecule has 1 aliphatic carbocycles. The summed E-state index contributed by atoms with van der Waals surface area (Å²) in [6.07, 6.45) is -3.44. The number of hydrazone groups is 1. The Morgan fingerprint density at radius 3 is 2.62 bits per heavy atom. The molecule has 0 bridgehead atoms. The van der Waals surface area contributed by atoms with E-state index in [4.69, 9.17) is 0 Å². The number of nitrogens with one attached hydrogen (secondary N) is 1. The molecule has 0 saturated heterocycles. The molecule has 1 atom stereocenters. The van der Waals surface area contributed by atoms with Crippen LogP contribution in [0, 0.1) is 11.9 Å². The van der Waals surface area contributed by atoms with E-state index in [0.29, 0.717) is 0 Å². The van der Waals surface area contributed by atoms with E-state index < -0.39 is 39.5 Å². The van der Waals surface area contributed by atoms with Crippen molar-refractivity contribution in [3.63, 3.8) is 0 Å². The fourth-order valence-corrected chi connectivity index (χ4v) is 3.03. The highest BCUT2D eigenvalue weighted by molar-refractivity contribution is 7.90. The Hall–Kier alpha value is -2.71. The molecule has 1 unspecified atom stereocenters. The lowest BCUT2D eigenvalue weighted by atomic mass is 10.0. The molecule has 1 heterocycles. The van der Waals surface area contributed by atoms with Crippen LogP contribution in [0.5, 0.6) is 0 Å². The van der Waals surface area contributed by atoms with E-state index in [9.17, 15) is 30.5 Å². The van der Waals surface area contributed by atoms with Crippen molar-refractivity contribution in [1.82, 2.24) is 5.43 Å². The molecule has 1 aromatic carbocycles. The molecule has 0 amide bonds. The average molecular weight is 387 g/mol. The van der Waals surface area contributed by atoms with Gasteiger partial charge in [0.25, 0.3) is 0 Å². The largest absolute Gasteiger partial charge is 0.744 e. The van der Waals surface area contributed by atoms with Gasteiger partial charge in [-0.2, -0.15) is 18.3 Å². The second-order valence-electron chi connectivity index (χ2n) is 5.47. The van der Waals surface area contributed by atoms with Crippen LogP contribution in [-0.4, -0.2) is 30.9 Å². The number of benzene rings is 1. The molecule has 0 spiro atoms. The molecule has 2 aliphatic rings. The van der Waals surface area contributed by atoms with Gasteiger partial charge in [0.1, 0.15) is 27.2 Å². The highest BCUT2D eigenvalue weighted by Crippen LogP contribution is 2.26. The number of hydrogen-bond acceptors (Lipinski definition) is 5. The van der Waals surface area contributed by atoms with E-state index in [2.05, 4.69) is 21.4 Å². The van der Waals surface area contributed by atoms with Crippen LogP contribution < -0.4 is 5.43 Å². The fourth-order valence-electron chi connectivity index (χ4n) is 2.38. The number of rotatable bonds is 2. The van der Waals surface area contributed by atoms with Crippen molar-refractivity contribution in [2.24, 2.45) is 5.10 Å². The van der Waals surface area contributed by atoms with Gasteiger partial charge in [-0.05, 0) is 28.6 Å². The van der Waals surface area contributed by atoms with Gasteiger partial charge in [0.05, 0.1) is 11.3 Å². The van der Waals surface area contributed by atoms with Gasteiger partial charge < -0.3 is 4.55 Å². The first kappa shape index (κ1) is 18.1. The lowest BCUT2D eigenvalue weighted by molar-refractivity contribution is -0.127. The topological polar surface area (TPSA) is 86.0 Å². The molecule has 3 rings (SSSR count). The Bertz CT molecular complexity index is 1030. The molecule has 1 aromatic rings. The van der Waals surface area contributed by atoms with Crippen molar-refractivity contribution in [3.05, 3.63) is 62.7 Å². The average Bonchev–Trinajstić information content (AvgIpc) is 2.46. The Kier molecular flexibility index (Phi) is 4.33. The molecule has 11 heteroatoms. The second-order valence-corrected chi connectivity index (χ2v) is 6.81. The maximum atomic E-state index is 13.8. The summed E-state index contributed by atoms with van der Waals surface area (Å²) in [7, 11) is -4.71. The molecule has 136 valence electrons. The van der Waals surface area contributed by atoms with Gasteiger partial charge in [0.15, 0.2) is 6.04 Å². The van der Waals surface area contributed by atoms with Gasteiger partial charge in [-0.1, -0.05) is 6.07 Å². The number of hydrogen-bond donors (Lipinski definition) is 1. The summed E-state index contributed by atoms with van der Waals surface area (Å²) in [5, 5.41) is 3.61. The molecule has 0 saturated carbocycles. The quantitative estimate of drug-likeness (QED) is 0.623. The van der Waals surface area contributed by atoms with Crippen LogP contribution in [0.3, 0.4) is 0 Å². The van der Waals surface area contributed by atoms with Crippen molar-refractivity contribution in [1.29, 1.82) is 0 Å². The predicted octanol–water partition coefficient (Wildman–Crippen LogP) is 2.27. The van der Waals surface area contributed by atoms with Gasteiger partial charge in [-0.25, -0.2) is 12.8 Å². The second kappa shape index (κ2) is 6.22. The van der Waals surface area contributed by atoms with Gasteiger partial charge in [0.2, 0.25) is 0 Å². The van der Waals surface area contributed by atoms with Gasteiger partial charge in [-0.15, -0.1) is 0 Å². The van der Waals surface area contributed by atoms with Crippen LogP contribution >= 0.6 is 0 Å². The number of nitrogens with zero attached hydrogens (tertiary/aromatic N) is 2. The first-order valence-electron chi connectivity index (χ1n) is 7.08. The number of fused-ring (bicyclic) bond motifs is 1. The van der Waals surface area contributed by atoms with Crippen LogP contribution in [0.4, 0.5) is 17.6 Å². The SMILES string of the molecule is O=S(=O)([O-])C1=CC=C([N+]#Cc2cc(CC(F)(F)F)ccc2F)C2NN=C12. The zero-order valence-corrected chi connectivity index (χ0v) is 13.5. The van der Waals surface area contributed by atoms with Crippen LogP contribution in [0.15, 0.2) is 46.1 Å². The smallest absolute Gasteiger partial charge is 0.393 e. The maximum absolute atomic E-state index is 13.8. The van der Waals surface area contributed by atoms with Crippen molar-refractivity contribution < 1.29 is 30.5 Å². The first-order chi connectivity index (χ1) is 12.0. The van der Waals surface area contributed by atoms with Crippen LogP contribution in [-0.2, 0) is 16.5 Å². The number of halogens is 4. The van der Waals surface area contributed by atoms with E-state index in [-0.39, 0.29) is 22.5 Å². The van der Waals surface area contributed by atoms with E-state index in [1.807, 2.05) is 0 Å². The molecule has 0 radical (unpaired) electrons. The molecule has 26 heavy (non-hydrogen) atoms. The van der Waals surface area contributed by atoms with E-state index in [1.165, 1.54) is 6.08 Å². The summed E-state index contributed by atoms with van der Waals surface area (Å²) in [6, 6.07) is 4.39. The first-order valence-corrected chi connectivity index (χ1v) is 8.48. The van der Waals surface area contributed by atoms with Gasteiger partial charge in [0, 0.05) is 6.08 Å². The minimum absolute atomic E-state index is 0.0330. The highest BCUT2D eigenvalue weighted by atomic mass is 32.2. The third kappa shape index (κ3) is 3.76. The van der Waals surface area contributed by atoms with E-state index in [1.54, 1.807) is 0 Å². The Balaban J connectivity index is 1.91. The summed E-state index contributed by atoms with van der Waals surface area (Å²) in [6.45, 7) is 0. The van der Waals surface area contributed by atoms with Crippen LogP contribution in [0.25, 0.3) is 4.85 Å². The molecule has 1 aliphatic heterocycles. The van der Waals surface area contributed by atoms with E-state index >= 15 is 0 Å². The summed E-state index contributed by atoms with van der Waals surface area (Å²) in [4.78, 5) is 3.35. The Morgan fingerprint density at radius 1 is 1.31 bits per heavy atom.